The summed E-state index contributed by atoms with van der Waals surface area (Å²) in [4.78, 5) is 12.3. The summed E-state index contributed by atoms with van der Waals surface area (Å²) < 4.78 is 17.0. The average Bonchev–Trinajstić information content (AvgIpc) is 3.02. The number of rotatable bonds is 4. The lowest BCUT2D eigenvalue weighted by atomic mass is 10.2. The lowest BCUT2D eigenvalue weighted by Gasteiger charge is -2.04. The summed E-state index contributed by atoms with van der Waals surface area (Å²) in [6, 6.07) is 6.21. The number of aromatic nitrogens is 4. The van der Waals surface area contributed by atoms with Gasteiger partial charge in [0.1, 0.15) is 16.5 Å². The molecule has 0 atom stereocenters. The minimum Gasteiger partial charge on any atom is -0.302 e. The number of hydrogen-bond donors (Lipinski definition) is 1. The van der Waals surface area contributed by atoms with Gasteiger partial charge >= 0.3 is 0 Å². The molecule has 9 heteroatoms. The molecule has 0 radical (unpaired) electrons. The Balaban J connectivity index is 1.78. The van der Waals surface area contributed by atoms with Gasteiger partial charge in [-0.25, -0.2) is 4.39 Å². The van der Waals surface area contributed by atoms with Gasteiger partial charge in [-0.05, 0) is 40.3 Å². The van der Waals surface area contributed by atoms with Gasteiger partial charge in [-0.2, -0.15) is 10.2 Å². The Kier molecular flexibility index (Phi) is 4.86. The predicted molar refractivity (Wildman–Crippen MR) is 96.6 cm³/mol. The van der Waals surface area contributed by atoms with Crippen LogP contribution in [0.15, 0.2) is 36.7 Å². The van der Waals surface area contributed by atoms with E-state index in [-0.39, 0.29) is 17.5 Å². The van der Waals surface area contributed by atoms with Crippen LogP contribution in [0.25, 0.3) is 0 Å². The zero-order valence-electron chi connectivity index (χ0n) is 12.5. The first-order chi connectivity index (χ1) is 11.4. The minimum absolute atomic E-state index is 0.245. The maximum atomic E-state index is 13.2. The van der Waals surface area contributed by atoms with E-state index in [2.05, 4.69) is 15.5 Å². The maximum Gasteiger partial charge on any atom is 0.276 e. The Morgan fingerprint density at radius 1 is 1.46 bits per heavy atom. The summed E-state index contributed by atoms with van der Waals surface area (Å²) in [5.41, 5.74) is 1.17. The van der Waals surface area contributed by atoms with E-state index in [0.29, 0.717) is 17.3 Å². The second kappa shape index (κ2) is 6.89. The van der Waals surface area contributed by atoms with Crippen LogP contribution in [0.4, 0.5) is 10.2 Å². The zero-order valence-corrected chi connectivity index (χ0v) is 15.4. The van der Waals surface area contributed by atoms with Gasteiger partial charge in [-0.1, -0.05) is 23.7 Å². The van der Waals surface area contributed by atoms with Gasteiger partial charge in [0.25, 0.3) is 5.91 Å². The van der Waals surface area contributed by atoms with Crippen molar-refractivity contribution in [3.8, 4) is 0 Å². The van der Waals surface area contributed by atoms with E-state index < -0.39 is 0 Å². The molecular weight excluding hydrogens is 448 g/mol. The molecule has 124 valence electrons. The normalized spacial score (nSPS) is 10.8. The molecule has 24 heavy (non-hydrogen) atoms. The molecule has 0 unspecified atom stereocenters. The quantitative estimate of drug-likeness (QED) is 0.609. The van der Waals surface area contributed by atoms with Crippen molar-refractivity contribution in [2.45, 2.75) is 6.54 Å². The SMILES string of the molecule is Cn1ncc(I)c1C(=O)Nc1nn(Cc2cccc(F)c2)cc1Cl. The molecule has 0 aliphatic heterocycles. The number of benzene rings is 1. The number of carbonyl (C=O) groups excluding carboxylic acids is 1. The number of hydrogen-bond acceptors (Lipinski definition) is 3. The van der Waals surface area contributed by atoms with Crippen molar-refractivity contribution in [3.05, 3.63) is 62.3 Å². The summed E-state index contributed by atoms with van der Waals surface area (Å²) in [6.07, 6.45) is 3.18. The first kappa shape index (κ1) is 16.9. The first-order valence-electron chi connectivity index (χ1n) is 6.90. The Labute approximate surface area is 155 Å². The highest BCUT2D eigenvalue weighted by Crippen LogP contribution is 2.21. The molecule has 1 aromatic carbocycles. The van der Waals surface area contributed by atoms with E-state index in [1.54, 1.807) is 36.3 Å². The summed E-state index contributed by atoms with van der Waals surface area (Å²) >= 11 is 8.16. The molecule has 0 spiro atoms. The number of carbonyl (C=O) groups is 1. The Hall–Kier alpha value is -1.94. The third-order valence-electron chi connectivity index (χ3n) is 3.29. The van der Waals surface area contributed by atoms with E-state index in [1.165, 1.54) is 16.8 Å². The van der Waals surface area contributed by atoms with Crippen molar-refractivity contribution in [2.75, 3.05) is 5.32 Å². The van der Waals surface area contributed by atoms with E-state index in [4.69, 9.17) is 11.6 Å². The van der Waals surface area contributed by atoms with Gasteiger partial charge in [0.2, 0.25) is 0 Å². The smallest absolute Gasteiger partial charge is 0.276 e. The summed E-state index contributed by atoms with van der Waals surface area (Å²) in [6.45, 7) is 0.344. The second-order valence-corrected chi connectivity index (χ2v) is 6.64. The van der Waals surface area contributed by atoms with Gasteiger partial charge in [0, 0.05) is 13.2 Å². The summed E-state index contributed by atoms with van der Waals surface area (Å²) in [5, 5.41) is 11.2. The van der Waals surface area contributed by atoms with Gasteiger partial charge in [-0.15, -0.1) is 0 Å². The van der Waals surface area contributed by atoms with E-state index in [0.717, 1.165) is 9.13 Å². The standard InChI is InChI=1S/C15H12ClFIN5O/c1-22-13(12(18)6-19-22)15(24)20-14-11(16)8-23(21-14)7-9-3-2-4-10(17)5-9/h2-6,8H,7H2,1H3,(H,20,21,24). The molecule has 0 bridgehead atoms. The fourth-order valence-electron chi connectivity index (χ4n) is 2.22. The van der Waals surface area contributed by atoms with Crippen LogP contribution in [0.1, 0.15) is 16.1 Å². The van der Waals surface area contributed by atoms with Crippen molar-refractivity contribution >= 4 is 45.9 Å². The average molecular weight is 460 g/mol. The molecule has 1 amide bonds. The third kappa shape index (κ3) is 3.59. The van der Waals surface area contributed by atoms with Gasteiger partial charge < -0.3 is 5.32 Å². The number of anilines is 1. The lowest BCUT2D eigenvalue weighted by Crippen LogP contribution is -2.18. The van der Waals surface area contributed by atoms with Crippen LogP contribution < -0.4 is 5.32 Å². The maximum absolute atomic E-state index is 13.2. The molecule has 1 N–H and O–H groups in total. The van der Waals surface area contributed by atoms with Crippen molar-refractivity contribution < 1.29 is 9.18 Å². The van der Waals surface area contributed by atoms with Crippen LogP contribution in [-0.4, -0.2) is 25.5 Å². The van der Waals surface area contributed by atoms with E-state index in [9.17, 15) is 9.18 Å². The Morgan fingerprint density at radius 3 is 2.92 bits per heavy atom. The van der Waals surface area contributed by atoms with Crippen molar-refractivity contribution in [1.82, 2.24) is 19.6 Å². The highest BCUT2D eigenvalue weighted by atomic mass is 127. The summed E-state index contributed by atoms with van der Waals surface area (Å²) in [7, 11) is 1.68. The third-order valence-corrected chi connectivity index (χ3v) is 4.36. The number of aryl methyl sites for hydroxylation is 1. The monoisotopic (exact) mass is 459 g/mol. The first-order valence-corrected chi connectivity index (χ1v) is 8.36. The van der Waals surface area contributed by atoms with Crippen molar-refractivity contribution in [1.29, 1.82) is 0 Å². The molecular formula is C15H12ClFIN5O. The van der Waals surface area contributed by atoms with Crippen molar-refractivity contribution in [3.63, 3.8) is 0 Å². The topological polar surface area (TPSA) is 64.7 Å². The Morgan fingerprint density at radius 2 is 2.25 bits per heavy atom. The molecule has 0 saturated carbocycles. The number of nitrogens with zero attached hydrogens (tertiary/aromatic N) is 4. The fraction of sp³-hybridized carbons (Fsp3) is 0.133. The molecule has 0 saturated heterocycles. The predicted octanol–water partition coefficient (Wildman–Crippen LogP) is 3.31. The van der Waals surface area contributed by atoms with Crippen LogP contribution in [0.2, 0.25) is 5.02 Å². The molecule has 3 rings (SSSR count). The number of amides is 1. The molecule has 6 nitrogen and oxygen atoms in total. The molecule has 3 aromatic rings. The van der Waals surface area contributed by atoms with Crippen LogP contribution >= 0.6 is 34.2 Å². The lowest BCUT2D eigenvalue weighted by molar-refractivity contribution is 0.101. The van der Waals surface area contributed by atoms with Crippen molar-refractivity contribution in [2.24, 2.45) is 7.05 Å². The van der Waals surface area contributed by atoms with Crippen LogP contribution in [-0.2, 0) is 13.6 Å². The van der Waals surface area contributed by atoms with Gasteiger partial charge in [0.05, 0.1) is 16.3 Å². The highest BCUT2D eigenvalue weighted by molar-refractivity contribution is 14.1. The zero-order chi connectivity index (χ0) is 17.3. The Bertz CT molecular complexity index is 888. The molecule has 0 fully saturated rings. The fourth-order valence-corrected chi connectivity index (χ4v) is 3.13. The van der Waals surface area contributed by atoms with Gasteiger partial charge in [0.15, 0.2) is 5.82 Å². The molecule has 2 heterocycles. The van der Waals surface area contributed by atoms with Crippen LogP contribution in [0.5, 0.6) is 0 Å². The largest absolute Gasteiger partial charge is 0.302 e. The molecule has 2 aromatic heterocycles. The van der Waals surface area contributed by atoms with Crippen LogP contribution in [0.3, 0.4) is 0 Å². The number of nitrogens with one attached hydrogen (secondary N) is 1. The van der Waals surface area contributed by atoms with Gasteiger partial charge in [-0.3, -0.25) is 14.2 Å². The second-order valence-electron chi connectivity index (χ2n) is 5.07. The highest BCUT2D eigenvalue weighted by Gasteiger charge is 2.18. The minimum atomic E-state index is -0.350. The number of halogens is 3. The van der Waals surface area contributed by atoms with E-state index >= 15 is 0 Å². The van der Waals surface area contributed by atoms with Crippen LogP contribution in [0, 0.1) is 9.39 Å². The summed E-state index contributed by atoms with van der Waals surface area (Å²) in [5.74, 6) is -0.419. The molecule has 0 aliphatic carbocycles. The molecule has 0 aliphatic rings. The van der Waals surface area contributed by atoms with E-state index in [1.807, 2.05) is 22.6 Å².